The highest BCUT2D eigenvalue weighted by Crippen LogP contribution is 2.39. The highest BCUT2D eigenvalue weighted by molar-refractivity contribution is 6.21. The number of carbonyl (C=O) groups excluding carboxylic acids is 4. The van der Waals surface area contributed by atoms with Crippen molar-refractivity contribution >= 4 is 40.3 Å². The fraction of sp³-hybridized carbons (Fsp3) is 0.294. The molecule has 44 heavy (non-hydrogen) atoms. The fourth-order valence-electron chi connectivity index (χ4n) is 6.43. The first-order chi connectivity index (χ1) is 21.2. The quantitative estimate of drug-likeness (QED) is 0.236. The molecular formula is C34H34N4O6. The molecule has 3 aromatic carbocycles. The van der Waals surface area contributed by atoms with Crippen LogP contribution in [0.25, 0.3) is 10.9 Å². The number of hydrogen-bond acceptors (Lipinski definition) is 7. The van der Waals surface area contributed by atoms with Crippen LogP contribution in [-0.4, -0.2) is 71.4 Å². The highest BCUT2D eigenvalue weighted by Gasteiger charge is 2.39. The van der Waals surface area contributed by atoms with E-state index in [2.05, 4.69) is 5.32 Å². The number of anilines is 1. The number of fused-ring (bicyclic) bond motifs is 3. The third-order valence-corrected chi connectivity index (χ3v) is 8.69. The van der Waals surface area contributed by atoms with E-state index < -0.39 is 5.97 Å². The Morgan fingerprint density at radius 3 is 2.34 bits per heavy atom. The average molecular weight is 595 g/mol. The number of esters is 1. The Kier molecular flexibility index (Phi) is 7.69. The molecule has 10 nitrogen and oxygen atoms in total. The summed E-state index contributed by atoms with van der Waals surface area (Å²) < 4.78 is 12.9. The number of carbonyl (C=O) groups is 4. The minimum absolute atomic E-state index is 0.0116. The third-order valence-electron chi connectivity index (χ3n) is 8.69. The molecule has 10 heteroatoms. The molecule has 0 spiro atoms. The number of ether oxygens (including phenoxy) is 2. The van der Waals surface area contributed by atoms with Crippen LogP contribution in [-0.2, 0) is 23.0 Å². The maximum atomic E-state index is 13.8. The number of hydrogen-bond donors (Lipinski definition) is 1. The van der Waals surface area contributed by atoms with Crippen LogP contribution in [0.5, 0.6) is 5.75 Å². The van der Waals surface area contributed by atoms with E-state index in [4.69, 9.17) is 9.47 Å². The summed E-state index contributed by atoms with van der Waals surface area (Å²) in [5.41, 5.74) is 5.09. The molecule has 3 amide bonds. The standard InChI is InChI=1S/C34H34N4O6/c1-5-44-34(42)29-20(2)36(3)25-14-15-27(43-4)31(30(25)29)35-28(39)19-37-17-16-21-10-6-7-11-22(21)26(37)18-38-32(40)23-12-8-9-13-24(23)33(38)41/h6-15,26H,5,16-19H2,1-4H3,(H,35,39)/t26-/m1/s1. The summed E-state index contributed by atoms with van der Waals surface area (Å²) in [7, 11) is 3.36. The van der Waals surface area contributed by atoms with Crippen LogP contribution in [0.2, 0.25) is 0 Å². The van der Waals surface area contributed by atoms with E-state index in [1.165, 1.54) is 12.0 Å². The van der Waals surface area contributed by atoms with Gasteiger partial charge in [-0.05, 0) is 55.7 Å². The lowest BCUT2D eigenvalue weighted by Gasteiger charge is -2.38. The number of amides is 3. The molecule has 0 bridgehead atoms. The zero-order chi connectivity index (χ0) is 31.1. The van der Waals surface area contributed by atoms with Crippen LogP contribution in [0.3, 0.4) is 0 Å². The Bertz CT molecular complexity index is 1790. The Morgan fingerprint density at radius 2 is 1.66 bits per heavy atom. The normalized spacial score (nSPS) is 16.2. The fourth-order valence-corrected chi connectivity index (χ4v) is 6.43. The van der Waals surface area contributed by atoms with Crippen molar-refractivity contribution in [3.05, 3.63) is 94.2 Å². The summed E-state index contributed by atoms with van der Waals surface area (Å²) in [5.74, 6) is -1.05. The molecule has 0 aliphatic carbocycles. The van der Waals surface area contributed by atoms with Crippen molar-refractivity contribution in [1.82, 2.24) is 14.4 Å². The highest BCUT2D eigenvalue weighted by atomic mass is 16.5. The van der Waals surface area contributed by atoms with Gasteiger partial charge in [0.25, 0.3) is 11.8 Å². The van der Waals surface area contributed by atoms with Gasteiger partial charge in [-0.25, -0.2) is 4.79 Å². The number of benzene rings is 3. The number of aromatic nitrogens is 1. The summed E-state index contributed by atoms with van der Waals surface area (Å²) in [6, 6.07) is 18.0. The second-order valence-corrected chi connectivity index (χ2v) is 11.0. The smallest absolute Gasteiger partial charge is 0.340 e. The van der Waals surface area contributed by atoms with Crippen molar-refractivity contribution < 1.29 is 28.7 Å². The summed E-state index contributed by atoms with van der Waals surface area (Å²) >= 11 is 0. The van der Waals surface area contributed by atoms with Crippen molar-refractivity contribution in [2.45, 2.75) is 26.3 Å². The summed E-state index contributed by atoms with van der Waals surface area (Å²) in [6.45, 7) is 4.45. The van der Waals surface area contributed by atoms with Crippen molar-refractivity contribution in [3.8, 4) is 5.75 Å². The van der Waals surface area contributed by atoms with Crippen molar-refractivity contribution in [1.29, 1.82) is 0 Å². The van der Waals surface area contributed by atoms with E-state index in [9.17, 15) is 19.2 Å². The molecule has 0 fully saturated rings. The first-order valence-electron chi connectivity index (χ1n) is 14.6. The minimum atomic E-state index is -0.479. The molecule has 2 aliphatic rings. The topological polar surface area (TPSA) is 110 Å². The number of rotatable bonds is 8. The second-order valence-electron chi connectivity index (χ2n) is 11.0. The van der Waals surface area contributed by atoms with Gasteiger partial charge in [0.05, 0.1) is 54.2 Å². The molecule has 4 aromatic rings. The molecular weight excluding hydrogens is 560 g/mol. The maximum absolute atomic E-state index is 13.8. The van der Waals surface area contributed by atoms with Gasteiger partial charge in [0.2, 0.25) is 5.91 Å². The molecule has 1 atom stereocenters. The third kappa shape index (κ3) is 4.81. The van der Waals surface area contributed by atoms with E-state index in [0.29, 0.717) is 52.2 Å². The van der Waals surface area contributed by atoms with Gasteiger partial charge in [0, 0.05) is 31.2 Å². The predicted octanol–water partition coefficient (Wildman–Crippen LogP) is 4.51. The largest absolute Gasteiger partial charge is 0.495 e. The van der Waals surface area contributed by atoms with Crippen molar-refractivity contribution in [2.75, 3.05) is 38.7 Å². The van der Waals surface area contributed by atoms with Crippen molar-refractivity contribution in [2.24, 2.45) is 7.05 Å². The first kappa shape index (κ1) is 29.1. The second kappa shape index (κ2) is 11.6. The Morgan fingerprint density at radius 1 is 0.977 bits per heavy atom. The number of imide groups is 1. The van der Waals surface area contributed by atoms with E-state index in [-0.39, 0.29) is 43.5 Å². The predicted molar refractivity (Wildman–Crippen MR) is 165 cm³/mol. The molecule has 1 N–H and O–H groups in total. The van der Waals surface area contributed by atoms with E-state index in [1.54, 1.807) is 37.3 Å². The van der Waals surface area contributed by atoms with Gasteiger partial charge in [-0.1, -0.05) is 36.4 Å². The average Bonchev–Trinajstić information content (AvgIpc) is 3.43. The molecule has 3 heterocycles. The number of nitrogens with zero attached hydrogens (tertiary/aromatic N) is 3. The monoisotopic (exact) mass is 594 g/mol. The van der Waals surface area contributed by atoms with Crippen LogP contribution >= 0.6 is 0 Å². The SMILES string of the molecule is CCOC(=O)c1c(C)n(C)c2ccc(OC)c(NC(=O)CN3CCc4ccccc4[C@H]3CN3C(=O)c4ccccc4C3=O)c12. The minimum Gasteiger partial charge on any atom is -0.495 e. The van der Waals surface area contributed by atoms with Gasteiger partial charge in [0.15, 0.2) is 0 Å². The van der Waals surface area contributed by atoms with Crippen LogP contribution in [0.15, 0.2) is 60.7 Å². The number of aryl methyl sites for hydroxylation is 1. The van der Waals surface area contributed by atoms with Crippen LogP contribution in [0, 0.1) is 6.92 Å². The maximum Gasteiger partial charge on any atom is 0.340 e. The zero-order valence-electron chi connectivity index (χ0n) is 25.2. The molecule has 226 valence electrons. The Balaban J connectivity index is 1.32. The molecule has 0 saturated heterocycles. The van der Waals surface area contributed by atoms with E-state index >= 15 is 0 Å². The lowest BCUT2D eigenvalue weighted by atomic mass is 9.92. The number of methoxy groups -OCH3 is 1. The van der Waals surface area contributed by atoms with Crippen LogP contribution in [0.1, 0.15) is 60.9 Å². The van der Waals surface area contributed by atoms with E-state index in [0.717, 1.165) is 16.6 Å². The van der Waals surface area contributed by atoms with Crippen LogP contribution in [0.4, 0.5) is 5.69 Å². The van der Waals surface area contributed by atoms with Crippen molar-refractivity contribution in [3.63, 3.8) is 0 Å². The van der Waals surface area contributed by atoms with E-state index in [1.807, 2.05) is 53.8 Å². The summed E-state index contributed by atoms with van der Waals surface area (Å²) in [5, 5.41) is 3.57. The first-order valence-corrected chi connectivity index (χ1v) is 14.6. The lowest BCUT2D eigenvalue weighted by Crippen LogP contribution is -2.46. The summed E-state index contributed by atoms with van der Waals surface area (Å²) in [6.07, 6.45) is 0.714. The lowest BCUT2D eigenvalue weighted by molar-refractivity contribution is -0.118. The van der Waals surface area contributed by atoms with Gasteiger partial charge in [-0.2, -0.15) is 0 Å². The molecule has 0 unspecified atom stereocenters. The summed E-state index contributed by atoms with van der Waals surface area (Å²) in [4.78, 5) is 56.7. The Hall–Kier alpha value is -4.96. The number of nitrogens with one attached hydrogen (secondary N) is 1. The van der Waals surface area contributed by atoms with Gasteiger partial charge in [-0.15, -0.1) is 0 Å². The molecule has 6 rings (SSSR count). The van der Waals surface area contributed by atoms with Gasteiger partial charge in [-0.3, -0.25) is 24.2 Å². The molecule has 1 aromatic heterocycles. The molecule has 2 aliphatic heterocycles. The zero-order valence-corrected chi connectivity index (χ0v) is 25.2. The van der Waals surface area contributed by atoms with Gasteiger partial charge >= 0.3 is 5.97 Å². The van der Waals surface area contributed by atoms with Gasteiger partial charge < -0.3 is 19.4 Å². The molecule has 0 saturated carbocycles. The van der Waals surface area contributed by atoms with Gasteiger partial charge in [0.1, 0.15) is 5.75 Å². The Labute approximate surface area is 255 Å². The van der Waals surface area contributed by atoms with Crippen LogP contribution < -0.4 is 10.1 Å². The molecule has 0 radical (unpaired) electrons.